The van der Waals surface area contributed by atoms with E-state index in [0.717, 1.165) is 5.01 Å². The van der Waals surface area contributed by atoms with Crippen LogP contribution in [-0.2, 0) is 0 Å². The second-order valence-electron chi connectivity index (χ2n) is 0.698. The summed E-state index contributed by atoms with van der Waals surface area (Å²) in [6.07, 6.45) is 0. The van der Waals surface area contributed by atoms with E-state index in [1.807, 2.05) is 0 Å². The predicted molar refractivity (Wildman–Crippen MR) is 18.0 cm³/mol. The molecule has 0 aliphatic rings. The molecule has 0 fully saturated rings. The quantitative estimate of drug-likeness (QED) is 0.244. The van der Waals surface area contributed by atoms with E-state index in [2.05, 4.69) is 0 Å². The molecule has 0 saturated carbocycles. The summed E-state index contributed by atoms with van der Waals surface area (Å²) in [6.45, 7) is 0. The largest absolute Gasteiger partial charge is 1.00 e. The van der Waals surface area contributed by atoms with Crippen molar-refractivity contribution in [3.05, 3.63) is 5.84 Å². The maximum atomic E-state index is 6.47. The van der Waals surface area contributed by atoms with Gasteiger partial charge in [0.2, 0.25) is 0 Å². The van der Waals surface area contributed by atoms with E-state index in [9.17, 15) is 0 Å². The van der Waals surface area contributed by atoms with Crippen molar-refractivity contribution in [2.24, 2.45) is 0 Å². The van der Waals surface area contributed by atoms with Gasteiger partial charge in [-0.2, -0.15) is 0 Å². The molecule has 0 aromatic rings. The standard InChI is InChI=1S/C2H7N2.K/c1-4(2)3;/h3H,1-2H3;/q-1;+1/i1D;. The molecule has 0 atom stereocenters. The van der Waals surface area contributed by atoms with Crippen molar-refractivity contribution in [2.75, 3.05) is 14.1 Å². The summed E-state index contributed by atoms with van der Waals surface area (Å²) >= 11 is 0. The average molecular weight is 99.2 g/mol. The molecule has 0 spiro atoms. The normalized spacial score (nSPS) is 9.80. The Hall–Kier alpha value is 1.56. The second-order valence-corrected chi connectivity index (χ2v) is 0.698. The van der Waals surface area contributed by atoms with Crippen LogP contribution in [0.1, 0.15) is 1.37 Å². The minimum atomic E-state index is 0. The molecule has 26 valence electrons. The van der Waals surface area contributed by atoms with Gasteiger partial charge in [0.05, 0.1) is 0 Å². The van der Waals surface area contributed by atoms with Crippen molar-refractivity contribution in [3.8, 4) is 0 Å². The smallest absolute Gasteiger partial charge is 0.610 e. The van der Waals surface area contributed by atoms with Crippen molar-refractivity contribution in [1.29, 1.82) is 0 Å². The predicted octanol–water partition coefficient (Wildman–Crippen LogP) is -2.48. The molecule has 0 aromatic carbocycles. The van der Waals surface area contributed by atoms with Gasteiger partial charge in [0, 0.05) is 1.37 Å². The van der Waals surface area contributed by atoms with Crippen LogP contribution in [-0.4, -0.2) is 19.1 Å². The molecule has 0 unspecified atom stereocenters. The van der Waals surface area contributed by atoms with E-state index in [-0.39, 0.29) is 58.4 Å². The van der Waals surface area contributed by atoms with Crippen LogP contribution in [0, 0.1) is 0 Å². The molecule has 0 saturated heterocycles. The summed E-state index contributed by atoms with van der Waals surface area (Å²) < 4.78 is 6.40. The van der Waals surface area contributed by atoms with Gasteiger partial charge in [-0.05, 0) is 14.1 Å². The maximum absolute atomic E-state index is 6.47. The van der Waals surface area contributed by atoms with Gasteiger partial charge < -0.3 is 10.9 Å². The summed E-state index contributed by atoms with van der Waals surface area (Å²) in [5, 5.41) is 1.04. The van der Waals surface area contributed by atoms with Crippen LogP contribution in [0.15, 0.2) is 0 Å². The molecular formula is C2H7KN2. The van der Waals surface area contributed by atoms with E-state index < -0.39 is 0 Å². The Labute approximate surface area is 76.5 Å². The molecular weight excluding hydrogens is 91.1 g/mol. The molecule has 1 N–H and O–H groups in total. The summed E-state index contributed by atoms with van der Waals surface area (Å²) in [6, 6.07) is 0. The molecule has 3 heteroatoms. The third-order valence-electron chi connectivity index (χ3n) is 0. The van der Waals surface area contributed by atoms with Gasteiger partial charge in [-0.1, -0.05) is 0 Å². The minimum absolute atomic E-state index is 0. The summed E-state index contributed by atoms with van der Waals surface area (Å²) in [5.41, 5.74) is 0. The topological polar surface area (TPSA) is 27.0 Å². The van der Waals surface area contributed by atoms with Crippen LogP contribution in [0.3, 0.4) is 0 Å². The molecule has 0 radical (unpaired) electrons. The van der Waals surface area contributed by atoms with Gasteiger partial charge in [-0.15, -0.1) is 0 Å². The Kier molecular flexibility index (Phi) is 7.29. The SMILES string of the molecule is [2H]CN(C)[NH-].[K+]. The Bertz CT molecular complexity index is 25.5. The fourth-order valence-corrected chi connectivity index (χ4v) is 0. The molecule has 0 aliphatic heterocycles. The third kappa shape index (κ3) is 29.0. The van der Waals surface area contributed by atoms with E-state index >= 15 is 0 Å². The van der Waals surface area contributed by atoms with Gasteiger partial charge in [0.25, 0.3) is 0 Å². The van der Waals surface area contributed by atoms with E-state index in [1.165, 1.54) is 7.05 Å². The number of hydrogen-bond donors (Lipinski definition) is 0. The van der Waals surface area contributed by atoms with E-state index in [1.54, 1.807) is 0 Å². The van der Waals surface area contributed by atoms with Crippen molar-refractivity contribution in [2.45, 2.75) is 0 Å². The first-order valence-electron chi connectivity index (χ1n) is 1.69. The molecule has 0 aliphatic carbocycles. The monoisotopic (exact) mass is 99.0 g/mol. The average Bonchev–Trinajstić information content (AvgIpc) is 1.38. The fraction of sp³-hybridized carbons (Fsp3) is 1.00. The number of hydrogen-bond acceptors (Lipinski definition) is 1. The Morgan fingerprint density at radius 1 is 2.00 bits per heavy atom. The first-order chi connectivity index (χ1) is 2.27. The van der Waals surface area contributed by atoms with Crippen LogP contribution >= 0.6 is 0 Å². The van der Waals surface area contributed by atoms with Gasteiger partial charge >= 0.3 is 51.4 Å². The molecule has 0 bridgehead atoms. The summed E-state index contributed by atoms with van der Waals surface area (Å²) in [5.74, 6) is 6.47. The zero-order chi connectivity index (χ0) is 4.28. The van der Waals surface area contributed by atoms with Gasteiger partial charge in [-0.25, -0.2) is 0 Å². The van der Waals surface area contributed by atoms with E-state index in [4.69, 9.17) is 7.21 Å². The van der Waals surface area contributed by atoms with Crippen LogP contribution in [0.5, 0.6) is 0 Å². The Morgan fingerprint density at radius 2 is 2.20 bits per heavy atom. The van der Waals surface area contributed by atoms with Crippen LogP contribution in [0.2, 0.25) is 0 Å². The molecule has 0 aromatic heterocycles. The Balaban J connectivity index is 0. The summed E-state index contributed by atoms with van der Waals surface area (Å²) in [7, 11) is 1.59. The van der Waals surface area contributed by atoms with Gasteiger partial charge in [0.15, 0.2) is 0 Å². The maximum Gasteiger partial charge on any atom is 1.00 e. The number of nitrogens with zero attached hydrogens (tertiary/aromatic N) is 1. The number of nitrogens with one attached hydrogen (secondary N) is 1. The van der Waals surface area contributed by atoms with Crippen molar-refractivity contribution < 1.29 is 52.8 Å². The van der Waals surface area contributed by atoms with Crippen molar-refractivity contribution in [3.63, 3.8) is 0 Å². The fourth-order valence-electron chi connectivity index (χ4n) is 0. The Morgan fingerprint density at radius 3 is 2.20 bits per heavy atom. The molecule has 0 rings (SSSR count). The van der Waals surface area contributed by atoms with E-state index in [0.29, 0.717) is 0 Å². The second kappa shape index (κ2) is 5.56. The van der Waals surface area contributed by atoms with Gasteiger partial charge in [0.1, 0.15) is 0 Å². The van der Waals surface area contributed by atoms with Crippen LogP contribution < -0.4 is 51.4 Å². The molecule has 0 amide bonds. The van der Waals surface area contributed by atoms with Crippen LogP contribution in [0.4, 0.5) is 0 Å². The zero-order valence-corrected chi connectivity index (χ0v) is 6.78. The molecule has 0 heterocycles. The minimum Gasteiger partial charge on any atom is -0.610 e. The van der Waals surface area contributed by atoms with Crippen LogP contribution in [0.25, 0.3) is 5.84 Å². The number of rotatable bonds is 0. The van der Waals surface area contributed by atoms with Crippen molar-refractivity contribution >= 4 is 0 Å². The van der Waals surface area contributed by atoms with Gasteiger partial charge in [-0.3, -0.25) is 0 Å². The zero-order valence-electron chi connectivity index (χ0n) is 4.65. The first kappa shape index (κ1) is 6.56. The molecule has 5 heavy (non-hydrogen) atoms. The molecule has 2 nitrogen and oxygen atoms in total. The summed E-state index contributed by atoms with van der Waals surface area (Å²) in [4.78, 5) is 0. The first-order valence-corrected chi connectivity index (χ1v) is 0.987. The van der Waals surface area contributed by atoms with Crippen molar-refractivity contribution in [1.82, 2.24) is 5.01 Å². The third-order valence-corrected chi connectivity index (χ3v) is 0.